The Kier molecular flexibility index (Phi) is 3.70. The van der Waals surface area contributed by atoms with Crippen LogP contribution in [0.25, 0.3) is 0 Å². The van der Waals surface area contributed by atoms with Crippen LogP contribution in [0.2, 0.25) is 0 Å². The van der Waals surface area contributed by atoms with E-state index >= 15 is 0 Å². The molecule has 0 bridgehead atoms. The van der Waals surface area contributed by atoms with Crippen LogP contribution in [-0.2, 0) is 4.79 Å². The van der Waals surface area contributed by atoms with Gasteiger partial charge >= 0.3 is 0 Å². The van der Waals surface area contributed by atoms with Crippen LogP contribution in [0.5, 0.6) is 0 Å². The number of amides is 2. The summed E-state index contributed by atoms with van der Waals surface area (Å²) in [5.74, 6) is -1.60. The minimum absolute atomic E-state index is 0.275. The molecule has 1 aromatic heterocycles. The fourth-order valence-corrected chi connectivity index (χ4v) is 2.34. The third-order valence-corrected chi connectivity index (χ3v) is 3.24. The van der Waals surface area contributed by atoms with Crippen LogP contribution in [0.1, 0.15) is 23.7 Å². The summed E-state index contributed by atoms with van der Waals surface area (Å²) < 4.78 is 1.06. The van der Waals surface area contributed by atoms with Crippen molar-refractivity contribution in [3.8, 4) is 0 Å². The summed E-state index contributed by atoms with van der Waals surface area (Å²) >= 11 is 0. The van der Waals surface area contributed by atoms with Crippen LogP contribution in [0.3, 0.4) is 0 Å². The van der Waals surface area contributed by atoms with Crippen LogP contribution in [-0.4, -0.2) is 71.7 Å². The van der Waals surface area contributed by atoms with Crippen molar-refractivity contribution in [2.24, 2.45) is 5.73 Å². The highest BCUT2D eigenvalue weighted by atomic mass is 16.3. The molecule has 5 N–H and O–H groups in total. The highest BCUT2D eigenvalue weighted by Crippen LogP contribution is 2.32. The number of carbonyl (C=O) groups excluding carboxylic acids is 2. The van der Waals surface area contributed by atoms with Crippen molar-refractivity contribution in [2.75, 3.05) is 6.61 Å². The number of rotatable bonds is 3. The van der Waals surface area contributed by atoms with E-state index in [1.165, 1.54) is 6.92 Å². The van der Waals surface area contributed by atoms with E-state index in [0.29, 0.717) is 0 Å². The molecule has 0 radical (unpaired) electrons. The molecule has 20 heavy (non-hydrogen) atoms. The number of likely N-dealkylation sites (tertiary alicyclic amines) is 1. The molecule has 2 rings (SSSR count). The molecule has 1 aromatic rings. The second kappa shape index (κ2) is 5.15. The molecule has 0 unspecified atom stereocenters. The number of aliphatic hydroxyl groups is 3. The Balaban J connectivity index is 2.40. The number of nitrogens with zero attached hydrogens (tertiary/aromatic N) is 4. The molecular weight excluding hydrogens is 270 g/mol. The minimum atomic E-state index is -1.38. The summed E-state index contributed by atoms with van der Waals surface area (Å²) in [6.07, 6.45) is -2.66. The Hall–Kier alpha value is -2.04. The van der Waals surface area contributed by atoms with Gasteiger partial charge in [-0.05, 0) is 0 Å². The van der Waals surface area contributed by atoms with E-state index in [-0.39, 0.29) is 5.82 Å². The molecule has 2 heterocycles. The number of aromatic nitrogens is 3. The van der Waals surface area contributed by atoms with Crippen molar-refractivity contribution < 1.29 is 24.9 Å². The maximum Gasteiger partial charge on any atom is 0.288 e. The van der Waals surface area contributed by atoms with Gasteiger partial charge in [-0.1, -0.05) is 0 Å². The van der Waals surface area contributed by atoms with Crippen molar-refractivity contribution in [3.05, 3.63) is 12.2 Å². The topological polar surface area (TPSA) is 155 Å². The summed E-state index contributed by atoms with van der Waals surface area (Å²) in [5, 5.41) is 32.9. The molecule has 0 saturated carbocycles. The Morgan fingerprint density at radius 3 is 2.50 bits per heavy atom. The zero-order chi connectivity index (χ0) is 15.0. The van der Waals surface area contributed by atoms with Crippen LogP contribution < -0.4 is 5.73 Å². The van der Waals surface area contributed by atoms with Gasteiger partial charge in [-0.3, -0.25) is 9.59 Å². The fourth-order valence-electron chi connectivity index (χ4n) is 2.34. The smallest absolute Gasteiger partial charge is 0.288 e. The van der Waals surface area contributed by atoms with Gasteiger partial charge in [-0.25, -0.2) is 9.67 Å². The normalized spacial score (nSPS) is 29.7. The number of hydrogen-bond donors (Lipinski definition) is 4. The molecule has 0 spiro atoms. The molecule has 1 aliphatic heterocycles. The standard InChI is InChI=1S/C10H15N5O5/c1-4(17)15-5(2-16)6(18)7(19)10(15)14-3-12-9(13-14)8(11)20/h3,5-7,10,16,18-19H,2H2,1H3,(H2,11,20)/t5-,6-,7-,10-/m1/s1. The lowest BCUT2D eigenvalue weighted by atomic mass is 10.1. The van der Waals surface area contributed by atoms with Crippen molar-refractivity contribution in [1.29, 1.82) is 0 Å². The van der Waals surface area contributed by atoms with Gasteiger partial charge in [-0.2, -0.15) is 0 Å². The molecule has 10 heteroatoms. The van der Waals surface area contributed by atoms with Crippen molar-refractivity contribution in [2.45, 2.75) is 31.3 Å². The molecule has 1 aliphatic rings. The predicted octanol–water partition coefficient (Wildman–Crippen LogP) is -3.18. The largest absolute Gasteiger partial charge is 0.394 e. The molecular formula is C10H15N5O5. The van der Waals surface area contributed by atoms with E-state index in [9.17, 15) is 24.9 Å². The minimum Gasteiger partial charge on any atom is -0.394 e. The third kappa shape index (κ3) is 2.13. The Morgan fingerprint density at radius 2 is 2.05 bits per heavy atom. The summed E-state index contributed by atoms with van der Waals surface area (Å²) in [4.78, 5) is 27.4. The highest BCUT2D eigenvalue weighted by molar-refractivity contribution is 5.88. The van der Waals surface area contributed by atoms with Crippen LogP contribution in [0.4, 0.5) is 0 Å². The van der Waals surface area contributed by atoms with Gasteiger partial charge in [0.05, 0.1) is 12.6 Å². The lowest BCUT2D eigenvalue weighted by molar-refractivity contribution is -0.136. The first kappa shape index (κ1) is 14.4. The monoisotopic (exact) mass is 285 g/mol. The molecule has 1 saturated heterocycles. The van der Waals surface area contributed by atoms with Crippen molar-refractivity contribution >= 4 is 11.8 Å². The van der Waals surface area contributed by atoms with Crippen LogP contribution in [0, 0.1) is 0 Å². The number of carbonyl (C=O) groups is 2. The molecule has 0 aliphatic carbocycles. The second-order valence-electron chi connectivity index (χ2n) is 4.48. The molecule has 110 valence electrons. The average molecular weight is 285 g/mol. The third-order valence-electron chi connectivity index (χ3n) is 3.24. The van der Waals surface area contributed by atoms with Crippen molar-refractivity contribution in [1.82, 2.24) is 19.7 Å². The van der Waals surface area contributed by atoms with E-state index in [1.807, 2.05) is 0 Å². The first-order valence-electron chi connectivity index (χ1n) is 5.85. The van der Waals surface area contributed by atoms with Gasteiger partial charge in [-0.15, -0.1) is 5.10 Å². The van der Waals surface area contributed by atoms with Gasteiger partial charge in [0, 0.05) is 6.92 Å². The first-order valence-corrected chi connectivity index (χ1v) is 5.85. The summed E-state index contributed by atoms with van der Waals surface area (Å²) in [6.45, 7) is 0.706. The van der Waals surface area contributed by atoms with Crippen LogP contribution >= 0.6 is 0 Å². The molecule has 10 nitrogen and oxygen atoms in total. The Labute approximate surface area is 113 Å². The predicted molar refractivity (Wildman–Crippen MR) is 63.0 cm³/mol. The van der Waals surface area contributed by atoms with E-state index < -0.39 is 42.8 Å². The van der Waals surface area contributed by atoms with Gasteiger partial charge < -0.3 is 26.0 Å². The number of hydrogen-bond acceptors (Lipinski definition) is 7. The SMILES string of the molecule is CC(=O)N1[C@H](CO)[C@@H](O)[C@@H](O)[C@@H]1n1cnc(C(N)=O)n1. The van der Waals surface area contributed by atoms with Gasteiger partial charge in [0.2, 0.25) is 11.7 Å². The average Bonchev–Trinajstić information content (AvgIpc) is 2.94. The van der Waals surface area contributed by atoms with E-state index in [2.05, 4.69) is 10.1 Å². The summed E-state index contributed by atoms with van der Waals surface area (Å²) in [5.41, 5.74) is 5.03. The molecule has 0 aromatic carbocycles. The summed E-state index contributed by atoms with van der Waals surface area (Å²) in [6, 6.07) is -0.964. The lowest BCUT2D eigenvalue weighted by Gasteiger charge is -2.28. The first-order chi connectivity index (χ1) is 9.38. The van der Waals surface area contributed by atoms with E-state index in [1.54, 1.807) is 0 Å². The van der Waals surface area contributed by atoms with E-state index in [0.717, 1.165) is 15.9 Å². The Bertz CT molecular complexity index is 532. The van der Waals surface area contributed by atoms with Crippen LogP contribution in [0.15, 0.2) is 6.33 Å². The maximum atomic E-state index is 11.7. The van der Waals surface area contributed by atoms with Gasteiger partial charge in [0.15, 0.2) is 6.17 Å². The zero-order valence-electron chi connectivity index (χ0n) is 10.6. The fraction of sp³-hybridized carbons (Fsp3) is 0.600. The second-order valence-corrected chi connectivity index (χ2v) is 4.48. The molecule has 1 fully saturated rings. The van der Waals surface area contributed by atoms with Crippen molar-refractivity contribution in [3.63, 3.8) is 0 Å². The molecule has 2 amide bonds. The quantitative estimate of drug-likeness (QED) is 0.456. The number of nitrogens with two attached hydrogens (primary N) is 1. The van der Waals surface area contributed by atoms with E-state index in [4.69, 9.17) is 5.73 Å². The lowest BCUT2D eigenvalue weighted by Crippen LogP contribution is -2.43. The maximum absolute atomic E-state index is 11.7. The molecule has 4 atom stereocenters. The number of primary amides is 1. The Morgan fingerprint density at radius 1 is 1.40 bits per heavy atom. The number of aliphatic hydroxyl groups excluding tert-OH is 3. The highest BCUT2D eigenvalue weighted by Gasteiger charge is 2.50. The summed E-state index contributed by atoms with van der Waals surface area (Å²) in [7, 11) is 0. The van der Waals surface area contributed by atoms with Gasteiger partial charge in [0.1, 0.15) is 18.5 Å². The zero-order valence-corrected chi connectivity index (χ0v) is 10.6. The van der Waals surface area contributed by atoms with Gasteiger partial charge in [0.25, 0.3) is 5.91 Å².